The molecule has 0 aliphatic rings. The van der Waals surface area contributed by atoms with Crippen LogP contribution in [0.4, 0.5) is 0 Å². The van der Waals surface area contributed by atoms with Crippen molar-refractivity contribution in [3.8, 4) is 0 Å². The van der Waals surface area contributed by atoms with Gasteiger partial charge in [-0.25, -0.2) is 0 Å². The summed E-state index contributed by atoms with van der Waals surface area (Å²) in [5.74, 6) is 0.390. The summed E-state index contributed by atoms with van der Waals surface area (Å²) in [4.78, 5) is 12.2. The second kappa shape index (κ2) is 5.99. The van der Waals surface area contributed by atoms with Gasteiger partial charge in [0.15, 0.2) is 5.78 Å². The van der Waals surface area contributed by atoms with Gasteiger partial charge in [-0.15, -0.1) is 0 Å². The van der Waals surface area contributed by atoms with Crippen molar-refractivity contribution in [2.24, 2.45) is 5.92 Å². The van der Waals surface area contributed by atoms with Crippen molar-refractivity contribution >= 4 is 11.4 Å². The molecule has 0 aromatic heterocycles. The van der Waals surface area contributed by atoms with Gasteiger partial charge in [0.25, 0.3) is 0 Å². The third-order valence-electron chi connectivity index (χ3n) is 3.79. The molecule has 0 fully saturated rings. The zero-order valence-electron chi connectivity index (χ0n) is 12.4. The number of carbonyl (C=O) groups is 1. The average molecular weight is 244 g/mol. The van der Waals surface area contributed by atoms with Gasteiger partial charge in [0, 0.05) is 5.92 Å². The van der Waals surface area contributed by atoms with E-state index in [1.807, 2.05) is 13.8 Å². The molecule has 0 saturated heterocycles. The van der Waals surface area contributed by atoms with Crippen molar-refractivity contribution in [1.29, 1.82) is 0 Å². The van der Waals surface area contributed by atoms with Crippen LogP contribution in [0.5, 0.6) is 0 Å². The van der Waals surface area contributed by atoms with E-state index in [1.165, 1.54) is 16.7 Å². The number of ketones is 1. The minimum absolute atomic E-state index is 0.116. The highest BCUT2D eigenvalue weighted by molar-refractivity contribution is 6.03. The standard InChI is InChI=1S/C17H24O/c1-7-12(3)17(18)15(6)14(5)16-10-11(2)8-9-13(16)4/h8-10,12H,7H2,1-6H3/b15-14+. The van der Waals surface area contributed by atoms with Crippen LogP contribution in [0.2, 0.25) is 0 Å². The van der Waals surface area contributed by atoms with E-state index in [-0.39, 0.29) is 11.7 Å². The molecule has 1 aromatic carbocycles. The Morgan fingerprint density at radius 1 is 1.22 bits per heavy atom. The number of Topliss-reactive ketones (excluding diaryl/α,β-unsaturated/α-hetero) is 1. The lowest BCUT2D eigenvalue weighted by molar-refractivity contribution is -0.118. The first-order valence-corrected chi connectivity index (χ1v) is 6.67. The number of carbonyl (C=O) groups excluding carboxylic acids is 1. The highest BCUT2D eigenvalue weighted by Crippen LogP contribution is 2.25. The second-order valence-electron chi connectivity index (χ2n) is 5.24. The summed E-state index contributed by atoms with van der Waals surface area (Å²) >= 11 is 0. The quantitative estimate of drug-likeness (QED) is 0.701. The van der Waals surface area contributed by atoms with Crippen LogP contribution in [0.3, 0.4) is 0 Å². The van der Waals surface area contributed by atoms with Crippen LogP contribution in [-0.2, 0) is 4.79 Å². The molecule has 1 heteroatoms. The Bertz CT molecular complexity index is 480. The van der Waals surface area contributed by atoms with Crippen LogP contribution >= 0.6 is 0 Å². The second-order valence-corrected chi connectivity index (χ2v) is 5.24. The summed E-state index contributed by atoms with van der Waals surface area (Å²) in [6.45, 7) is 12.2. The van der Waals surface area contributed by atoms with E-state index in [0.29, 0.717) is 0 Å². The largest absolute Gasteiger partial charge is 0.294 e. The Balaban J connectivity index is 3.22. The lowest BCUT2D eigenvalue weighted by atomic mass is 9.90. The number of hydrogen-bond donors (Lipinski definition) is 0. The Labute approximate surface area is 111 Å². The molecule has 0 amide bonds. The van der Waals surface area contributed by atoms with Gasteiger partial charge >= 0.3 is 0 Å². The molecule has 0 radical (unpaired) electrons. The summed E-state index contributed by atoms with van der Waals surface area (Å²) in [5, 5.41) is 0. The number of allylic oxidation sites excluding steroid dienone is 2. The Morgan fingerprint density at radius 2 is 1.83 bits per heavy atom. The zero-order chi connectivity index (χ0) is 13.9. The van der Waals surface area contributed by atoms with E-state index in [1.54, 1.807) is 0 Å². The predicted molar refractivity (Wildman–Crippen MR) is 78.6 cm³/mol. The smallest absolute Gasteiger partial charge is 0.161 e. The van der Waals surface area contributed by atoms with Crippen molar-refractivity contribution in [3.63, 3.8) is 0 Å². The van der Waals surface area contributed by atoms with Crippen LogP contribution in [0, 0.1) is 19.8 Å². The number of rotatable bonds is 4. The first-order chi connectivity index (χ1) is 8.38. The number of benzene rings is 1. The fourth-order valence-electron chi connectivity index (χ4n) is 2.08. The van der Waals surface area contributed by atoms with E-state index >= 15 is 0 Å². The number of hydrogen-bond acceptors (Lipinski definition) is 1. The van der Waals surface area contributed by atoms with Gasteiger partial charge in [-0.2, -0.15) is 0 Å². The van der Waals surface area contributed by atoms with Gasteiger partial charge in [-0.1, -0.05) is 37.6 Å². The fourth-order valence-corrected chi connectivity index (χ4v) is 2.08. The Hall–Kier alpha value is -1.37. The SMILES string of the molecule is CCC(C)C(=O)/C(C)=C(\C)c1cc(C)ccc1C. The van der Waals surface area contributed by atoms with Gasteiger partial charge in [-0.05, 0) is 56.4 Å². The van der Waals surface area contributed by atoms with Gasteiger partial charge in [-0.3, -0.25) is 4.79 Å². The molecule has 18 heavy (non-hydrogen) atoms. The summed E-state index contributed by atoms with van der Waals surface area (Å²) in [5.41, 5.74) is 5.68. The van der Waals surface area contributed by atoms with Gasteiger partial charge in [0.05, 0.1) is 0 Å². The molecular formula is C17H24O. The monoisotopic (exact) mass is 244 g/mol. The van der Waals surface area contributed by atoms with Crippen LogP contribution in [-0.4, -0.2) is 5.78 Å². The molecular weight excluding hydrogens is 220 g/mol. The van der Waals surface area contributed by atoms with Crippen molar-refractivity contribution in [2.75, 3.05) is 0 Å². The van der Waals surface area contributed by atoms with Gasteiger partial charge < -0.3 is 0 Å². The molecule has 1 atom stereocenters. The molecule has 1 rings (SSSR count). The minimum Gasteiger partial charge on any atom is -0.294 e. The van der Waals surface area contributed by atoms with E-state index < -0.39 is 0 Å². The molecule has 0 bridgehead atoms. The summed E-state index contributed by atoms with van der Waals surface area (Å²) in [6.07, 6.45) is 0.899. The maximum Gasteiger partial charge on any atom is 0.161 e. The van der Waals surface area contributed by atoms with Crippen LogP contribution in [0.15, 0.2) is 23.8 Å². The summed E-state index contributed by atoms with van der Waals surface area (Å²) in [7, 11) is 0. The van der Waals surface area contributed by atoms with Crippen molar-refractivity contribution in [3.05, 3.63) is 40.5 Å². The Morgan fingerprint density at radius 3 is 2.39 bits per heavy atom. The number of aryl methyl sites for hydroxylation is 2. The maximum atomic E-state index is 12.2. The normalized spacial score (nSPS) is 14.1. The zero-order valence-corrected chi connectivity index (χ0v) is 12.4. The van der Waals surface area contributed by atoms with Gasteiger partial charge in [0.1, 0.15) is 0 Å². The first-order valence-electron chi connectivity index (χ1n) is 6.67. The van der Waals surface area contributed by atoms with Crippen molar-refractivity contribution < 1.29 is 4.79 Å². The average Bonchev–Trinajstić information content (AvgIpc) is 2.38. The molecule has 1 aromatic rings. The van der Waals surface area contributed by atoms with Crippen LogP contribution in [0.1, 0.15) is 50.8 Å². The molecule has 0 heterocycles. The molecule has 1 nitrogen and oxygen atoms in total. The first kappa shape index (κ1) is 14.7. The van der Waals surface area contributed by atoms with E-state index in [4.69, 9.17) is 0 Å². The van der Waals surface area contributed by atoms with E-state index in [0.717, 1.165) is 17.6 Å². The topological polar surface area (TPSA) is 17.1 Å². The lowest BCUT2D eigenvalue weighted by Gasteiger charge is -2.14. The highest BCUT2D eigenvalue weighted by atomic mass is 16.1. The minimum atomic E-state index is 0.116. The Kier molecular flexibility index (Phi) is 4.89. The van der Waals surface area contributed by atoms with Crippen molar-refractivity contribution in [2.45, 2.75) is 48.0 Å². The third-order valence-corrected chi connectivity index (χ3v) is 3.79. The third kappa shape index (κ3) is 3.10. The highest BCUT2D eigenvalue weighted by Gasteiger charge is 2.16. The van der Waals surface area contributed by atoms with E-state index in [9.17, 15) is 4.79 Å². The molecule has 0 aliphatic heterocycles. The summed E-state index contributed by atoms with van der Waals surface area (Å²) in [6, 6.07) is 6.39. The molecule has 0 spiro atoms. The lowest BCUT2D eigenvalue weighted by Crippen LogP contribution is -2.12. The van der Waals surface area contributed by atoms with E-state index in [2.05, 4.69) is 45.9 Å². The predicted octanol–water partition coefficient (Wildman–Crippen LogP) is 4.71. The van der Waals surface area contributed by atoms with Crippen LogP contribution < -0.4 is 0 Å². The summed E-state index contributed by atoms with van der Waals surface area (Å²) < 4.78 is 0. The van der Waals surface area contributed by atoms with Crippen molar-refractivity contribution in [1.82, 2.24) is 0 Å². The van der Waals surface area contributed by atoms with Crippen LogP contribution in [0.25, 0.3) is 5.57 Å². The maximum absolute atomic E-state index is 12.2. The molecule has 1 unspecified atom stereocenters. The van der Waals surface area contributed by atoms with Gasteiger partial charge in [0.2, 0.25) is 0 Å². The molecule has 98 valence electrons. The molecule has 0 aliphatic carbocycles. The molecule has 0 N–H and O–H groups in total. The molecule has 0 saturated carbocycles. The fraction of sp³-hybridized carbons (Fsp3) is 0.471.